The van der Waals surface area contributed by atoms with Crippen molar-refractivity contribution < 1.29 is 135 Å². The predicted octanol–water partition coefficient (Wildman–Crippen LogP) is 1.64. The highest BCUT2D eigenvalue weighted by atomic mass is 31.2. The summed E-state index contributed by atoms with van der Waals surface area (Å²) in [6.07, 6.45) is -10.0. The zero-order valence-electron chi connectivity index (χ0n) is 40.4. The molecule has 0 saturated carbocycles. The Morgan fingerprint density at radius 1 is 0.429 bits per heavy atom. The van der Waals surface area contributed by atoms with E-state index in [4.69, 9.17) is 75.4 Å². The van der Waals surface area contributed by atoms with Crippen molar-refractivity contribution >= 4 is 19.8 Å². The number of hydrogen-bond acceptors (Lipinski definition) is 21. The maximum Gasteiger partial charge on any atom is 0.472 e. The molecule has 0 saturated heterocycles. The highest BCUT2D eigenvalue weighted by Crippen LogP contribution is 2.43. The molecule has 0 aromatic heterocycles. The minimum absolute atomic E-state index is 0.0140. The largest absolute Gasteiger partial charge is 0.472 e. The Morgan fingerprint density at radius 2 is 0.714 bits per heavy atom. The summed E-state index contributed by atoms with van der Waals surface area (Å²) in [5.74, 6) is -1.71. The topological polar surface area (TPSA) is 238 Å². The van der Waals surface area contributed by atoms with Gasteiger partial charge in [-0.1, -0.05) is 0 Å². The molecule has 0 aliphatic carbocycles. The highest BCUT2D eigenvalue weighted by Gasteiger charge is 2.29. The molecule has 2 atom stereocenters. The van der Waals surface area contributed by atoms with Gasteiger partial charge in [0.1, 0.15) is 46.2 Å². The van der Waals surface area contributed by atoms with Crippen LogP contribution in [-0.2, 0) is 99.0 Å². The van der Waals surface area contributed by atoms with Gasteiger partial charge in [0.25, 0.3) is 0 Å². The maximum absolute atomic E-state index is 12.5. The smallest absolute Gasteiger partial charge is 0.460 e. The Morgan fingerprint density at radius 3 is 1.01 bits per heavy atom. The molecule has 23 nitrogen and oxygen atoms in total. The van der Waals surface area contributed by atoms with Crippen molar-refractivity contribution in [2.45, 2.75) is 18.5 Å². The molecule has 0 heterocycles. The van der Waals surface area contributed by atoms with Crippen molar-refractivity contribution in [2.75, 3.05) is 233 Å². The fourth-order valence-electron chi connectivity index (χ4n) is 4.33. The normalized spacial score (nSPS) is 13.7. The molecular formula is C40H75F6NO22P+. The molecule has 0 aliphatic rings. The number of quaternary nitrogens is 1. The summed E-state index contributed by atoms with van der Waals surface area (Å²) in [5.41, 5.74) is 0. The van der Waals surface area contributed by atoms with Crippen molar-refractivity contribution in [3.8, 4) is 0 Å². The van der Waals surface area contributed by atoms with Crippen molar-refractivity contribution in [1.82, 2.24) is 0 Å². The lowest BCUT2D eigenvalue weighted by atomic mass is 10.4. The summed E-state index contributed by atoms with van der Waals surface area (Å²) in [5, 5.41) is 0. The van der Waals surface area contributed by atoms with Crippen LogP contribution < -0.4 is 0 Å². The average Bonchev–Trinajstić information content (AvgIpc) is 3.27. The first-order valence-electron chi connectivity index (χ1n) is 22.3. The Hall–Kier alpha value is -1.97. The Labute approximate surface area is 405 Å². The minimum atomic E-state index is -4.56. The van der Waals surface area contributed by atoms with Crippen LogP contribution in [0.5, 0.6) is 0 Å². The number of alkyl halides is 6. The van der Waals surface area contributed by atoms with E-state index in [1.807, 2.05) is 21.1 Å². The van der Waals surface area contributed by atoms with E-state index in [1.54, 1.807) is 0 Å². The number of carbonyl (C=O) groups excluding carboxylic acids is 2. The number of ether oxygens (including phenoxy) is 16. The third-order valence-corrected chi connectivity index (χ3v) is 8.59. The lowest BCUT2D eigenvalue weighted by Crippen LogP contribution is -2.37. The lowest BCUT2D eigenvalue weighted by Gasteiger charge is -2.24. The van der Waals surface area contributed by atoms with Gasteiger partial charge in [-0.25, -0.2) is 14.2 Å². The standard InChI is InChI=1S/C40H74F6NO22P/c1-47(2,3)4-5-67-70(50,51)68-31-36(69-38(49)33-63-27-23-59-19-15-55-11-7-53-9-13-57-17-21-61-25-29-65-35-40(44,45)46)30-66-37(48)32-62-26-22-58-18-14-54-10-6-52-8-12-56-16-20-60-24-28-64-34-39(41,42)43/h36H,4-35H2,1-3H3/p+1. The van der Waals surface area contributed by atoms with Crippen LogP contribution >= 0.6 is 7.82 Å². The molecule has 30 heteroatoms. The van der Waals surface area contributed by atoms with Crippen molar-refractivity contribution in [2.24, 2.45) is 0 Å². The minimum Gasteiger partial charge on any atom is -0.460 e. The third kappa shape index (κ3) is 55.3. The quantitative estimate of drug-likeness (QED) is 0.0300. The Bertz CT molecular complexity index is 1280. The molecule has 0 fully saturated rings. The van der Waals surface area contributed by atoms with Gasteiger partial charge in [-0.05, 0) is 0 Å². The number of hydrogen-bond donors (Lipinski definition) is 1. The summed E-state index contributed by atoms with van der Waals surface area (Å²) in [6.45, 7) is -0.170. The van der Waals surface area contributed by atoms with Gasteiger partial charge in [-0.3, -0.25) is 9.05 Å². The van der Waals surface area contributed by atoms with Gasteiger partial charge in [-0.2, -0.15) is 26.3 Å². The first-order valence-corrected chi connectivity index (χ1v) is 23.8. The molecule has 0 aromatic carbocycles. The average molecular weight is 1070 g/mol. The number of esters is 2. The second-order valence-electron chi connectivity index (χ2n) is 15.0. The molecule has 0 rings (SSSR count). The molecule has 70 heavy (non-hydrogen) atoms. The molecule has 418 valence electrons. The second-order valence-corrected chi connectivity index (χ2v) is 16.4. The van der Waals surface area contributed by atoms with E-state index in [0.717, 1.165) is 0 Å². The van der Waals surface area contributed by atoms with E-state index in [1.165, 1.54) is 0 Å². The molecule has 0 bridgehead atoms. The molecule has 1 N–H and O–H groups in total. The van der Waals surface area contributed by atoms with E-state index in [2.05, 4.69) is 9.47 Å². The molecular weight excluding hydrogens is 991 g/mol. The zero-order valence-corrected chi connectivity index (χ0v) is 41.3. The fourth-order valence-corrected chi connectivity index (χ4v) is 5.07. The predicted molar refractivity (Wildman–Crippen MR) is 229 cm³/mol. The van der Waals surface area contributed by atoms with Gasteiger partial charge < -0.3 is 85.2 Å². The van der Waals surface area contributed by atoms with Gasteiger partial charge >= 0.3 is 32.1 Å². The molecule has 0 amide bonds. The maximum atomic E-state index is 12.5. The van der Waals surface area contributed by atoms with Crippen LogP contribution in [0.25, 0.3) is 0 Å². The van der Waals surface area contributed by atoms with Crippen molar-refractivity contribution in [3.05, 3.63) is 0 Å². The van der Waals surface area contributed by atoms with Crippen LogP contribution in [0.4, 0.5) is 26.3 Å². The van der Waals surface area contributed by atoms with Crippen molar-refractivity contribution in [3.63, 3.8) is 0 Å². The van der Waals surface area contributed by atoms with E-state index in [0.29, 0.717) is 63.9 Å². The van der Waals surface area contributed by atoms with Gasteiger partial charge in [0.2, 0.25) is 0 Å². The second kappa shape index (κ2) is 44.5. The Kier molecular flexibility index (Phi) is 43.3. The fraction of sp³-hybridized carbons (Fsp3) is 0.950. The SMILES string of the molecule is C[N+](C)(C)CCOP(=O)(O)OCC(COC(=O)COCCOCCOCCOCCOCCOCCOCC(F)(F)F)OC(=O)COCCOCCOCCOCCOCCOCCOCC(F)(F)F. The van der Waals surface area contributed by atoms with Gasteiger partial charge in [0.05, 0.1) is 186 Å². The van der Waals surface area contributed by atoms with E-state index < -0.39 is 77.9 Å². The third-order valence-electron chi connectivity index (χ3n) is 7.60. The van der Waals surface area contributed by atoms with Crippen LogP contribution in [0.3, 0.4) is 0 Å². The number of halogens is 6. The summed E-state index contributed by atoms with van der Waals surface area (Å²) >= 11 is 0. The first kappa shape index (κ1) is 68.0. The molecule has 0 aliphatic heterocycles. The summed E-state index contributed by atoms with van der Waals surface area (Å²) in [7, 11) is 1.01. The van der Waals surface area contributed by atoms with Crippen LogP contribution in [0.15, 0.2) is 0 Å². The lowest BCUT2D eigenvalue weighted by molar-refractivity contribution is -0.870. The molecule has 0 spiro atoms. The molecule has 0 aromatic rings. The summed E-state index contributed by atoms with van der Waals surface area (Å²) in [4.78, 5) is 34.9. The number of phosphoric acid groups is 1. The number of rotatable bonds is 52. The van der Waals surface area contributed by atoms with E-state index >= 15 is 0 Å². The van der Waals surface area contributed by atoms with E-state index in [-0.39, 0.29) is 112 Å². The number of carbonyl (C=O) groups is 2. The van der Waals surface area contributed by atoms with Crippen LogP contribution in [0, 0.1) is 0 Å². The Balaban J connectivity index is 4.10. The number of phosphoric ester groups is 1. The van der Waals surface area contributed by atoms with E-state index in [9.17, 15) is 45.4 Å². The summed E-state index contributed by atoms with van der Waals surface area (Å²) < 4.78 is 177. The van der Waals surface area contributed by atoms with Crippen LogP contribution in [-0.4, -0.2) is 272 Å². The number of likely N-dealkylation sites (N-methyl/N-ethyl adjacent to an activating group) is 1. The molecule has 2 unspecified atom stereocenters. The van der Waals surface area contributed by atoms with Gasteiger partial charge in [0.15, 0.2) is 6.10 Å². The number of nitrogens with zero attached hydrogens (tertiary/aromatic N) is 1. The zero-order chi connectivity index (χ0) is 52.1. The monoisotopic (exact) mass is 1070 g/mol. The van der Waals surface area contributed by atoms with Crippen LogP contribution in [0.1, 0.15) is 0 Å². The van der Waals surface area contributed by atoms with Gasteiger partial charge in [-0.15, -0.1) is 0 Å². The first-order chi connectivity index (χ1) is 33.3. The van der Waals surface area contributed by atoms with Crippen molar-refractivity contribution in [1.29, 1.82) is 0 Å². The highest BCUT2D eigenvalue weighted by molar-refractivity contribution is 7.47. The molecule has 0 radical (unpaired) electrons. The summed E-state index contributed by atoms with van der Waals surface area (Å²) in [6, 6.07) is 0. The van der Waals surface area contributed by atoms with Gasteiger partial charge in [0, 0.05) is 0 Å². The van der Waals surface area contributed by atoms with Crippen LogP contribution in [0.2, 0.25) is 0 Å².